The average molecular weight is 377 g/mol. The van der Waals surface area contributed by atoms with Crippen molar-refractivity contribution in [1.29, 1.82) is 0 Å². The van der Waals surface area contributed by atoms with Gasteiger partial charge >= 0.3 is 0 Å². The Morgan fingerprint density at radius 1 is 1.04 bits per heavy atom. The number of hydrogen-bond donors (Lipinski definition) is 1. The van der Waals surface area contributed by atoms with Gasteiger partial charge < -0.3 is 9.88 Å². The number of nitrogens with zero attached hydrogens (tertiary/aromatic N) is 2. The second kappa shape index (κ2) is 7.47. The second-order valence-corrected chi connectivity index (χ2v) is 8.22. The number of piperazine rings is 1. The van der Waals surface area contributed by atoms with E-state index in [1.54, 1.807) is 35.4 Å². The molecule has 0 spiro atoms. The molecule has 1 aliphatic rings. The number of pyridine rings is 1. The molecule has 1 amide bonds. The summed E-state index contributed by atoms with van der Waals surface area (Å²) >= 11 is 5.14. The molecule has 1 N–H and O–H groups in total. The van der Waals surface area contributed by atoms with Crippen LogP contribution in [0.5, 0.6) is 0 Å². The number of aromatic nitrogens is 1. The van der Waals surface area contributed by atoms with Crippen molar-refractivity contribution in [3.05, 3.63) is 64.4 Å². The number of carbonyl (C=O) groups is 1. The highest BCUT2D eigenvalue weighted by molar-refractivity contribution is 7.88. The average Bonchev–Trinajstić information content (AvgIpc) is 2.62. The van der Waals surface area contributed by atoms with E-state index in [0.29, 0.717) is 36.4 Å². The van der Waals surface area contributed by atoms with Gasteiger partial charge in [-0.2, -0.15) is 4.31 Å². The van der Waals surface area contributed by atoms with E-state index in [4.69, 9.17) is 12.2 Å². The normalized spacial score (nSPS) is 15.9. The third kappa shape index (κ3) is 4.15. The first kappa shape index (κ1) is 17.8. The highest BCUT2D eigenvalue weighted by Crippen LogP contribution is 2.15. The lowest BCUT2D eigenvalue weighted by atomic mass is 10.2. The molecule has 2 heterocycles. The second-order valence-electron chi connectivity index (χ2n) is 5.85. The van der Waals surface area contributed by atoms with E-state index in [-0.39, 0.29) is 11.7 Å². The van der Waals surface area contributed by atoms with Gasteiger partial charge in [0.2, 0.25) is 10.0 Å². The molecule has 0 atom stereocenters. The zero-order valence-corrected chi connectivity index (χ0v) is 15.2. The monoisotopic (exact) mass is 377 g/mol. The lowest BCUT2D eigenvalue weighted by molar-refractivity contribution is 0.0696. The zero-order valence-electron chi connectivity index (χ0n) is 13.6. The molecule has 0 radical (unpaired) electrons. The van der Waals surface area contributed by atoms with Gasteiger partial charge in [0.25, 0.3) is 5.91 Å². The van der Waals surface area contributed by atoms with Crippen LogP contribution < -0.4 is 0 Å². The minimum absolute atomic E-state index is 0.0221. The summed E-state index contributed by atoms with van der Waals surface area (Å²) in [6.07, 6.45) is 1.67. The van der Waals surface area contributed by atoms with Crippen molar-refractivity contribution in [3.63, 3.8) is 0 Å². The Morgan fingerprint density at radius 2 is 1.72 bits per heavy atom. The molecule has 3 rings (SSSR count). The summed E-state index contributed by atoms with van der Waals surface area (Å²) in [7, 11) is -3.39. The van der Waals surface area contributed by atoms with E-state index in [2.05, 4.69) is 4.98 Å². The van der Waals surface area contributed by atoms with Crippen LogP contribution in [0.3, 0.4) is 0 Å². The molecule has 1 fully saturated rings. The van der Waals surface area contributed by atoms with Crippen molar-refractivity contribution in [3.8, 4) is 0 Å². The van der Waals surface area contributed by atoms with Crippen molar-refractivity contribution < 1.29 is 13.2 Å². The van der Waals surface area contributed by atoms with Crippen molar-refractivity contribution in [2.45, 2.75) is 5.75 Å². The van der Waals surface area contributed by atoms with Crippen LogP contribution in [0.15, 0.2) is 48.7 Å². The molecule has 1 saturated heterocycles. The molecule has 25 heavy (non-hydrogen) atoms. The highest BCUT2D eigenvalue weighted by atomic mass is 32.2. The summed E-state index contributed by atoms with van der Waals surface area (Å²) in [6.45, 7) is 1.31. The molecule has 1 aromatic carbocycles. The Kier molecular flexibility index (Phi) is 5.31. The Balaban J connectivity index is 1.64. The first-order valence-corrected chi connectivity index (χ1v) is 9.98. The predicted molar refractivity (Wildman–Crippen MR) is 98.2 cm³/mol. The number of carbonyl (C=O) groups excluding carboxylic acids is 1. The van der Waals surface area contributed by atoms with Gasteiger partial charge in [0, 0.05) is 32.4 Å². The lowest BCUT2D eigenvalue weighted by Gasteiger charge is -2.34. The highest BCUT2D eigenvalue weighted by Gasteiger charge is 2.29. The van der Waals surface area contributed by atoms with Crippen molar-refractivity contribution in [1.82, 2.24) is 14.2 Å². The Labute approximate surface area is 152 Å². The summed E-state index contributed by atoms with van der Waals surface area (Å²) in [4.78, 5) is 17.0. The molecule has 0 aliphatic carbocycles. The third-order valence-electron chi connectivity index (χ3n) is 4.16. The number of sulfonamides is 1. The summed E-state index contributed by atoms with van der Waals surface area (Å²) in [5.74, 6) is -0.187. The Bertz CT molecular complexity index is 902. The minimum Gasteiger partial charge on any atom is -0.352 e. The topological polar surface area (TPSA) is 73.5 Å². The Morgan fingerprint density at radius 3 is 2.36 bits per heavy atom. The maximum atomic E-state index is 12.6. The van der Waals surface area contributed by atoms with E-state index in [0.717, 1.165) is 5.56 Å². The number of amides is 1. The fourth-order valence-corrected chi connectivity index (χ4v) is 4.55. The predicted octanol–water partition coefficient (Wildman–Crippen LogP) is 2.03. The largest absolute Gasteiger partial charge is 0.352 e. The molecule has 1 aliphatic heterocycles. The number of H-pyrrole nitrogens is 1. The van der Waals surface area contributed by atoms with Crippen LogP contribution in [0, 0.1) is 4.64 Å². The molecular weight excluding hydrogens is 358 g/mol. The van der Waals surface area contributed by atoms with Gasteiger partial charge in [0.05, 0.1) is 11.3 Å². The molecule has 8 heteroatoms. The van der Waals surface area contributed by atoms with Gasteiger partial charge in [0.1, 0.15) is 4.64 Å². The van der Waals surface area contributed by atoms with Crippen molar-refractivity contribution in [2.24, 2.45) is 0 Å². The van der Waals surface area contributed by atoms with Crippen molar-refractivity contribution >= 4 is 28.1 Å². The fourth-order valence-electron chi connectivity index (χ4n) is 2.81. The lowest BCUT2D eigenvalue weighted by Crippen LogP contribution is -2.50. The summed E-state index contributed by atoms with van der Waals surface area (Å²) in [5.41, 5.74) is 1.20. The Hall–Kier alpha value is -2.03. The molecule has 0 saturated carbocycles. The maximum Gasteiger partial charge on any atom is 0.256 e. The number of aromatic amines is 1. The van der Waals surface area contributed by atoms with Crippen LogP contribution in [-0.4, -0.2) is 54.7 Å². The standard InChI is InChI=1S/C17H19N3O3S2/c21-17(15-7-4-8-18-16(15)24)19-9-11-20(12-10-19)25(22,23)13-14-5-2-1-3-6-14/h1-8H,9-13H2,(H,18,24). The molecular formula is C17H19N3O3S2. The van der Waals surface area contributed by atoms with E-state index in [1.807, 2.05) is 18.2 Å². The smallest absolute Gasteiger partial charge is 0.256 e. The van der Waals surface area contributed by atoms with Gasteiger partial charge in [-0.15, -0.1) is 0 Å². The SMILES string of the molecule is O=C(c1ccc[nH]c1=S)N1CCN(S(=O)(=O)Cc2ccccc2)CC1. The molecule has 0 unspecified atom stereocenters. The molecule has 2 aromatic rings. The fraction of sp³-hybridized carbons (Fsp3) is 0.294. The first-order valence-electron chi connectivity index (χ1n) is 7.96. The van der Waals surface area contributed by atoms with Gasteiger partial charge in [0.15, 0.2) is 0 Å². The minimum atomic E-state index is -3.39. The van der Waals surface area contributed by atoms with E-state index in [1.165, 1.54) is 4.31 Å². The number of rotatable bonds is 4. The summed E-state index contributed by atoms with van der Waals surface area (Å²) < 4.78 is 27.0. The quantitative estimate of drug-likeness (QED) is 0.828. The van der Waals surface area contributed by atoms with Crippen LogP contribution in [0.4, 0.5) is 0 Å². The summed E-state index contributed by atoms with van der Waals surface area (Å²) in [5, 5.41) is 0. The van der Waals surface area contributed by atoms with Gasteiger partial charge in [-0.3, -0.25) is 4.79 Å². The van der Waals surface area contributed by atoms with E-state index in [9.17, 15) is 13.2 Å². The third-order valence-corrected chi connectivity index (χ3v) is 6.35. The number of hydrogen-bond acceptors (Lipinski definition) is 4. The maximum absolute atomic E-state index is 12.6. The van der Waals surface area contributed by atoms with Gasteiger partial charge in [-0.05, 0) is 17.7 Å². The van der Waals surface area contributed by atoms with Gasteiger partial charge in [-0.25, -0.2) is 8.42 Å². The van der Waals surface area contributed by atoms with Crippen LogP contribution in [0.2, 0.25) is 0 Å². The van der Waals surface area contributed by atoms with Gasteiger partial charge in [-0.1, -0.05) is 42.5 Å². The van der Waals surface area contributed by atoms with Crippen molar-refractivity contribution in [2.75, 3.05) is 26.2 Å². The van der Waals surface area contributed by atoms with E-state index < -0.39 is 10.0 Å². The zero-order chi connectivity index (χ0) is 17.9. The van der Waals surface area contributed by atoms with Crippen LogP contribution in [-0.2, 0) is 15.8 Å². The molecule has 0 bridgehead atoms. The molecule has 132 valence electrons. The number of nitrogens with one attached hydrogen (secondary N) is 1. The summed E-state index contributed by atoms with van der Waals surface area (Å²) in [6, 6.07) is 12.5. The van der Waals surface area contributed by atoms with E-state index >= 15 is 0 Å². The van der Waals surface area contributed by atoms with Crippen LogP contribution >= 0.6 is 12.2 Å². The molecule has 6 nitrogen and oxygen atoms in total. The first-order chi connectivity index (χ1) is 12.0. The van der Waals surface area contributed by atoms with Crippen LogP contribution in [0.1, 0.15) is 15.9 Å². The van der Waals surface area contributed by atoms with Crippen LogP contribution in [0.25, 0.3) is 0 Å². The molecule has 1 aromatic heterocycles. The number of benzene rings is 1.